The van der Waals surface area contributed by atoms with Gasteiger partial charge in [-0.1, -0.05) is 29.3 Å². The Bertz CT molecular complexity index is 1540. The molecule has 4 aromatic rings. The highest BCUT2D eigenvalue weighted by Gasteiger charge is 2.60. The summed E-state index contributed by atoms with van der Waals surface area (Å²) in [5, 5.41) is 19.8. The van der Waals surface area contributed by atoms with Crippen LogP contribution in [-0.4, -0.2) is 59.4 Å². The van der Waals surface area contributed by atoms with Crippen molar-refractivity contribution in [3.63, 3.8) is 0 Å². The van der Waals surface area contributed by atoms with Gasteiger partial charge in [-0.15, -0.1) is 10.2 Å². The monoisotopic (exact) mass is 584 g/mol. The topological polar surface area (TPSA) is 109 Å². The van der Waals surface area contributed by atoms with E-state index >= 15 is 0 Å². The van der Waals surface area contributed by atoms with Gasteiger partial charge in [-0.3, -0.25) is 4.57 Å². The minimum atomic E-state index is -4.92. The van der Waals surface area contributed by atoms with Gasteiger partial charge in [0.15, 0.2) is 17.5 Å². The second-order valence-electron chi connectivity index (χ2n) is 8.76. The Morgan fingerprint density at radius 1 is 1.08 bits per heavy atom. The lowest BCUT2D eigenvalue weighted by molar-refractivity contribution is -0.348. The second kappa shape index (κ2) is 10.4. The SMILES string of the molecule is CC(O)c1nc(Cn2nc(-c3ccc(Cl)cc3)n(CC3(C(F)(F)F)OCCO3)c2=O)nn1-c1cccc(Cl)c1. The molecule has 1 aliphatic rings. The number of aliphatic hydroxyl groups is 1. The second-order valence-corrected chi connectivity index (χ2v) is 9.63. The Morgan fingerprint density at radius 3 is 2.38 bits per heavy atom. The van der Waals surface area contributed by atoms with Gasteiger partial charge in [-0.2, -0.15) is 13.2 Å². The molecule has 0 radical (unpaired) electrons. The van der Waals surface area contributed by atoms with Gasteiger partial charge < -0.3 is 14.6 Å². The van der Waals surface area contributed by atoms with Gasteiger partial charge in [0.1, 0.15) is 12.6 Å². The molecule has 10 nitrogen and oxygen atoms in total. The number of halogens is 5. The zero-order chi connectivity index (χ0) is 27.9. The van der Waals surface area contributed by atoms with Crippen molar-refractivity contribution in [1.29, 1.82) is 0 Å². The maximum Gasteiger partial charge on any atom is 0.445 e. The molecule has 1 N–H and O–H groups in total. The Labute approximate surface area is 229 Å². The lowest BCUT2D eigenvalue weighted by atomic mass is 10.2. The molecule has 1 saturated heterocycles. The molecule has 206 valence electrons. The Morgan fingerprint density at radius 2 is 1.77 bits per heavy atom. The molecule has 39 heavy (non-hydrogen) atoms. The van der Waals surface area contributed by atoms with E-state index in [1.807, 2.05) is 0 Å². The standard InChI is InChI=1S/C24H21Cl2F3N6O4/c1-14(36)20-30-19(31-35(20)18-4-2-3-17(26)11-18)12-34-22(37)33(13-23(24(27,28)29)38-9-10-39-23)21(32-34)15-5-7-16(25)8-6-15/h2-8,11,14,36H,9-10,12-13H2,1H3. The molecule has 5 rings (SSSR count). The molecule has 1 atom stereocenters. The van der Waals surface area contributed by atoms with Gasteiger partial charge in [-0.25, -0.2) is 19.1 Å². The molecule has 2 aromatic carbocycles. The maximum absolute atomic E-state index is 14.0. The number of aliphatic hydroxyl groups excluding tert-OH is 1. The van der Waals surface area contributed by atoms with Crippen LogP contribution in [-0.2, 0) is 22.6 Å². The van der Waals surface area contributed by atoms with Crippen molar-refractivity contribution < 1.29 is 27.8 Å². The van der Waals surface area contributed by atoms with Gasteiger partial charge in [0.05, 0.1) is 25.4 Å². The van der Waals surface area contributed by atoms with E-state index in [9.17, 15) is 23.1 Å². The summed E-state index contributed by atoms with van der Waals surface area (Å²) in [6, 6.07) is 12.8. The van der Waals surface area contributed by atoms with Crippen LogP contribution in [0.25, 0.3) is 17.1 Å². The highest BCUT2D eigenvalue weighted by atomic mass is 35.5. The van der Waals surface area contributed by atoms with E-state index in [0.29, 0.717) is 21.3 Å². The van der Waals surface area contributed by atoms with Gasteiger partial charge in [0, 0.05) is 15.6 Å². The summed E-state index contributed by atoms with van der Waals surface area (Å²) in [7, 11) is 0. The van der Waals surface area contributed by atoms with Crippen molar-refractivity contribution >= 4 is 23.2 Å². The fourth-order valence-electron chi connectivity index (χ4n) is 4.14. The van der Waals surface area contributed by atoms with Crippen LogP contribution in [0.2, 0.25) is 10.0 Å². The minimum Gasteiger partial charge on any atom is -0.385 e. The van der Waals surface area contributed by atoms with E-state index in [0.717, 1.165) is 9.25 Å². The third-order valence-electron chi connectivity index (χ3n) is 5.97. The molecule has 15 heteroatoms. The zero-order valence-electron chi connectivity index (χ0n) is 20.3. The summed E-state index contributed by atoms with van der Waals surface area (Å²) in [4.78, 5) is 17.8. The van der Waals surface area contributed by atoms with Crippen LogP contribution in [0.5, 0.6) is 0 Å². The van der Waals surface area contributed by atoms with Crippen LogP contribution in [0.4, 0.5) is 13.2 Å². The highest BCUT2D eigenvalue weighted by Crippen LogP contribution is 2.39. The quantitative estimate of drug-likeness (QED) is 0.349. The Kier molecular flexibility index (Phi) is 7.29. The van der Waals surface area contributed by atoms with E-state index in [1.54, 1.807) is 24.3 Å². The average Bonchev–Trinajstić information content (AvgIpc) is 3.60. The third-order valence-corrected chi connectivity index (χ3v) is 6.46. The van der Waals surface area contributed by atoms with Crippen molar-refractivity contribution in [3.05, 3.63) is 80.7 Å². The summed E-state index contributed by atoms with van der Waals surface area (Å²) in [5.41, 5.74) is -0.0208. The minimum absolute atomic E-state index is 0.0654. The largest absolute Gasteiger partial charge is 0.445 e. The first-order valence-electron chi connectivity index (χ1n) is 11.7. The third kappa shape index (κ3) is 5.32. The van der Waals surface area contributed by atoms with E-state index < -0.39 is 30.3 Å². The molecule has 3 heterocycles. The van der Waals surface area contributed by atoms with Gasteiger partial charge in [-0.05, 0) is 49.4 Å². The van der Waals surface area contributed by atoms with Crippen molar-refractivity contribution in [2.24, 2.45) is 0 Å². The van der Waals surface area contributed by atoms with Crippen molar-refractivity contribution in [2.75, 3.05) is 13.2 Å². The van der Waals surface area contributed by atoms with Crippen LogP contribution < -0.4 is 5.69 Å². The fraction of sp³-hybridized carbons (Fsp3) is 0.333. The average molecular weight is 585 g/mol. The molecule has 1 fully saturated rings. The van der Waals surface area contributed by atoms with Crippen LogP contribution in [0, 0.1) is 0 Å². The van der Waals surface area contributed by atoms with Crippen molar-refractivity contribution in [2.45, 2.75) is 38.1 Å². The summed E-state index contributed by atoms with van der Waals surface area (Å²) in [6.07, 6.45) is -5.96. The van der Waals surface area contributed by atoms with Crippen molar-refractivity contribution in [1.82, 2.24) is 29.1 Å². The molecule has 0 amide bonds. The summed E-state index contributed by atoms with van der Waals surface area (Å²) in [6.45, 7) is -0.374. The van der Waals surface area contributed by atoms with Crippen LogP contribution in [0.3, 0.4) is 0 Å². The Hall–Kier alpha value is -3.23. The number of rotatable bonds is 7. The van der Waals surface area contributed by atoms with Crippen LogP contribution >= 0.6 is 23.2 Å². The van der Waals surface area contributed by atoms with E-state index in [2.05, 4.69) is 15.2 Å². The first kappa shape index (κ1) is 27.3. The number of aromatic nitrogens is 6. The predicted molar refractivity (Wildman–Crippen MR) is 134 cm³/mol. The zero-order valence-corrected chi connectivity index (χ0v) is 21.8. The maximum atomic E-state index is 14.0. The van der Waals surface area contributed by atoms with Gasteiger partial charge >= 0.3 is 11.9 Å². The normalized spacial score (nSPS) is 16.1. The van der Waals surface area contributed by atoms with Gasteiger partial charge in [0.25, 0.3) is 5.79 Å². The molecule has 0 spiro atoms. The Balaban J connectivity index is 1.58. The number of nitrogens with zero attached hydrogens (tertiary/aromatic N) is 6. The molecule has 1 aliphatic heterocycles. The number of alkyl halides is 3. The number of benzene rings is 2. The number of hydrogen-bond acceptors (Lipinski definition) is 7. The summed E-state index contributed by atoms with van der Waals surface area (Å²) in [5.74, 6) is -2.83. The lowest BCUT2D eigenvalue weighted by Crippen LogP contribution is -2.51. The fourth-order valence-corrected chi connectivity index (χ4v) is 4.45. The smallest absolute Gasteiger partial charge is 0.385 e. The summed E-state index contributed by atoms with van der Waals surface area (Å²) < 4.78 is 55.2. The molecule has 0 bridgehead atoms. The van der Waals surface area contributed by atoms with E-state index in [4.69, 9.17) is 32.7 Å². The summed E-state index contributed by atoms with van der Waals surface area (Å²) >= 11 is 12.1. The number of ether oxygens (including phenoxy) is 2. The van der Waals surface area contributed by atoms with Crippen LogP contribution in [0.15, 0.2) is 53.3 Å². The van der Waals surface area contributed by atoms with E-state index in [1.165, 1.54) is 35.9 Å². The first-order valence-corrected chi connectivity index (χ1v) is 12.4. The molecule has 2 aromatic heterocycles. The van der Waals surface area contributed by atoms with Crippen molar-refractivity contribution in [3.8, 4) is 17.1 Å². The molecule has 0 saturated carbocycles. The molecule has 1 unspecified atom stereocenters. The van der Waals surface area contributed by atoms with Crippen LogP contribution in [0.1, 0.15) is 24.7 Å². The first-order chi connectivity index (χ1) is 18.5. The van der Waals surface area contributed by atoms with E-state index in [-0.39, 0.29) is 37.2 Å². The van der Waals surface area contributed by atoms with Gasteiger partial charge in [0.2, 0.25) is 0 Å². The highest BCUT2D eigenvalue weighted by molar-refractivity contribution is 6.31. The predicted octanol–water partition coefficient (Wildman–Crippen LogP) is 4.01. The molecular weight excluding hydrogens is 564 g/mol. The lowest BCUT2D eigenvalue weighted by Gasteiger charge is -2.29. The molecule has 0 aliphatic carbocycles. The number of hydrogen-bond donors (Lipinski definition) is 1. The molecular formula is C24H21Cl2F3N6O4.